The monoisotopic (exact) mass is 349 g/mol. The molecule has 2 aromatic rings. The van der Waals surface area contributed by atoms with Crippen LogP contribution in [0, 0.1) is 0 Å². The molecule has 112 valence electrons. The number of hydrogen-bond acceptors (Lipinski definition) is 5. The fraction of sp³-hybridized carbons (Fsp3) is 0.333. The number of benzene rings is 1. The van der Waals surface area contributed by atoms with Crippen molar-refractivity contribution in [3.8, 4) is 0 Å². The first-order valence-corrected chi connectivity index (χ1v) is 7.52. The molecule has 1 aromatic carbocycles. The molecule has 0 atom stereocenters. The third-order valence-corrected chi connectivity index (χ3v) is 3.40. The predicted octanol–water partition coefficient (Wildman–Crippen LogP) is 3.43. The quantitative estimate of drug-likeness (QED) is 0.582. The first-order valence-electron chi connectivity index (χ1n) is 6.73. The second-order valence-corrected chi connectivity index (χ2v) is 6.76. The van der Waals surface area contributed by atoms with Crippen LogP contribution in [0.2, 0.25) is 0 Å². The average molecular weight is 350 g/mol. The van der Waals surface area contributed by atoms with Crippen molar-refractivity contribution in [1.29, 1.82) is 0 Å². The van der Waals surface area contributed by atoms with E-state index in [2.05, 4.69) is 69.5 Å². The molecule has 2 rings (SSSR count). The molecule has 1 aromatic heterocycles. The summed E-state index contributed by atoms with van der Waals surface area (Å²) < 4.78 is 1.06. The van der Waals surface area contributed by atoms with Crippen molar-refractivity contribution in [2.45, 2.75) is 32.7 Å². The molecule has 0 unspecified atom stereocenters. The lowest BCUT2D eigenvalue weighted by molar-refractivity contribution is 0.546. The second kappa shape index (κ2) is 6.41. The number of rotatable bonds is 4. The van der Waals surface area contributed by atoms with Crippen LogP contribution in [-0.2, 0) is 12.0 Å². The zero-order chi connectivity index (χ0) is 15.5. The second-order valence-electron chi connectivity index (χ2n) is 5.84. The van der Waals surface area contributed by atoms with Crippen molar-refractivity contribution in [2.75, 3.05) is 10.7 Å². The molecule has 21 heavy (non-hydrogen) atoms. The van der Waals surface area contributed by atoms with Gasteiger partial charge in [0.05, 0.1) is 0 Å². The number of hydrazine groups is 1. The van der Waals surface area contributed by atoms with E-state index in [0.717, 1.165) is 16.1 Å². The van der Waals surface area contributed by atoms with Crippen molar-refractivity contribution >= 4 is 27.6 Å². The SMILES string of the molecule is CC(C)(C)c1nc(NN)cc(NCc2cccc(Br)c2)n1. The highest BCUT2D eigenvalue weighted by atomic mass is 79.9. The summed E-state index contributed by atoms with van der Waals surface area (Å²) in [5, 5.41) is 3.31. The molecule has 4 N–H and O–H groups in total. The van der Waals surface area contributed by atoms with Crippen molar-refractivity contribution in [3.05, 3.63) is 46.2 Å². The summed E-state index contributed by atoms with van der Waals surface area (Å²) in [5.41, 5.74) is 3.62. The van der Waals surface area contributed by atoms with Crippen LogP contribution in [0.3, 0.4) is 0 Å². The van der Waals surface area contributed by atoms with Crippen LogP contribution >= 0.6 is 15.9 Å². The van der Waals surface area contributed by atoms with Crippen LogP contribution in [0.25, 0.3) is 0 Å². The third-order valence-electron chi connectivity index (χ3n) is 2.91. The highest BCUT2D eigenvalue weighted by Gasteiger charge is 2.19. The maximum absolute atomic E-state index is 5.48. The highest BCUT2D eigenvalue weighted by molar-refractivity contribution is 9.10. The van der Waals surface area contributed by atoms with Gasteiger partial charge in [-0.25, -0.2) is 15.8 Å². The van der Waals surface area contributed by atoms with Gasteiger partial charge in [0, 0.05) is 22.5 Å². The van der Waals surface area contributed by atoms with Gasteiger partial charge in [-0.1, -0.05) is 48.8 Å². The zero-order valence-corrected chi connectivity index (χ0v) is 14.0. The van der Waals surface area contributed by atoms with Gasteiger partial charge in [-0.3, -0.25) is 0 Å². The molecule has 0 bridgehead atoms. The summed E-state index contributed by atoms with van der Waals surface area (Å²) in [6.45, 7) is 6.90. The molecule has 0 fully saturated rings. The van der Waals surface area contributed by atoms with Gasteiger partial charge in [-0.2, -0.15) is 0 Å². The Labute approximate surface area is 133 Å². The van der Waals surface area contributed by atoms with Crippen LogP contribution in [-0.4, -0.2) is 9.97 Å². The molecule has 5 nitrogen and oxygen atoms in total. The molecule has 1 heterocycles. The van der Waals surface area contributed by atoms with Crippen molar-refractivity contribution in [1.82, 2.24) is 9.97 Å². The van der Waals surface area contributed by atoms with Gasteiger partial charge in [-0.05, 0) is 17.7 Å². The summed E-state index contributed by atoms with van der Waals surface area (Å²) in [5.74, 6) is 7.58. The van der Waals surface area contributed by atoms with Gasteiger partial charge >= 0.3 is 0 Å². The topological polar surface area (TPSA) is 75.9 Å². The van der Waals surface area contributed by atoms with Gasteiger partial charge in [0.25, 0.3) is 0 Å². The molecule has 0 amide bonds. The van der Waals surface area contributed by atoms with Gasteiger partial charge in [0.15, 0.2) is 0 Å². The molecular formula is C15H20BrN5. The van der Waals surface area contributed by atoms with Gasteiger partial charge < -0.3 is 10.7 Å². The fourth-order valence-electron chi connectivity index (χ4n) is 1.79. The fourth-order valence-corrected chi connectivity index (χ4v) is 2.23. The standard InChI is InChI=1S/C15H20BrN5/c1-15(2,3)14-19-12(8-13(20-14)21-17)18-9-10-5-4-6-11(16)7-10/h4-8H,9,17H2,1-3H3,(H2,18,19,20,21). The number of nitrogens with one attached hydrogen (secondary N) is 2. The summed E-state index contributed by atoms with van der Waals surface area (Å²) in [6.07, 6.45) is 0. The first kappa shape index (κ1) is 15.7. The largest absolute Gasteiger partial charge is 0.366 e. The average Bonchev–Trinajstić information content (AvgIpc) is 2.44. The summed E-state index contributed by atoms with van der Waals surface area (Å²) >= 11 is 3.47. The molecule has 6 heteroatoms. The Bertz CT molecular complexity index is 622. The van der Waals surface area contributed by atoms with Gasteiger partial charge in [0.1, 0.15) is 17.5 Å². The Morgan fingerprint density at radius 3 is 2.48 bits per heavy atom. The number of hydrogen-bond donors (Lipinski definition) is 3. The minimum absolute atomic E-state index is 0.140. The summed E-state index contributed by atoms with van der Waals surface area (Å²) in [7, 11) is 0. The number of aromatic nitrogens is 2. The Morgan fingerprint density at radius 1 is 1.14 bits per heavy atom. The van der Waals surface area contributed by atoms with Crippen molar-refractivity contribution < 1.29 is 0 Å². The Hall–Kier alpha value is -1.66. The minimum Gasteiger partial charge on any atom is -0.366 e. The van der Waals surface area contributed by atoms with E-state index in [9.17, 15) is 0 Å². The first-order chi connectivity index (χ1) is 9.88. The van der Waals surface area contributed by atoms with E-state index in [0.29, 0.717) is 12.4 Å². The molecule has 0 aliphatic carbocycles. The molecule has 0 spiro atoms. The molecular weight excluding hydrogens is 330 g/mol. The molecule has 0 saturated heterocycles. The maximum atomic E-state index is 5.48. The van der Waals surface area contributed by atoms with Crippen molar-refractivity contribution in [2.24, 2.45) is 5.84 Å². The Kier molecular flexibility index (Phi) is 4.80. The number of anilines is 2. The molecule has 0 radical (unpaired) electrons. The van der Waals surface area contributed by atoms with E-state index in [1.807, 2.05) is 12.1 Å². The van der Waals surface area contributed by atoms with Crippen LogP contribution in [0.15, 0.2) is 34.8 Å². The van der Waals surface area contributed by atoms with E-state index in [1.54, 1.807) is 6.07 Å². The smallest absolute Gasteiger partial charge is 0.145 e. The lowest BCUT2D eigenvalue weighted by atomic mass is 9.96. The molecule has 0 saturated carbocycles. The van der Waals surface area contributed by atoms with Gasteiger partial charge in [-0.15, -0.1) is 0 Å². The lowest BCUT2D eigenvalue weighted by Crippen LogP contribution is -2.20. The number of halogens is 1. The summed E-state index contributed by atoms with van der Waals surface area (Å²) in [4.78, 5) is 8.96. The Balaban J connectivity index is 2.19. The van der Waals surface area contributed by atoms with E-state index in [1.165, 1.54) is 5.56 Å². The lowest BCUT2D eigenvalue weighted by Gasteiger charge is -2.18. The minimum atomic E-state index is -0.140. The third kappa shape index (κ3) is 4.41. The predicted molar refractivity (Wildman–Crippen MR) is 90.0 cm³/mol. The maximum Gasteiger partial charge on any atom is 0.145 e. The zero-order valence-electron chi connectivity index (χ0n) is 12.4. The highest BCUT2D eigenvalue weighted by Crippen LogP contribution is 2.22. The van der Waals surface area contributed by atoms with Gasteiger partial charge in [0.2, 0.25) is 0 Å². The van der Waals surface area contributed by atoms with E-state index < -0.39 is 0 Å². The Morgan fingerprint density at radius 2 is 1.86 bits per heavy atom. The summed E-state index contributed by atoms with van der Waals surface area (Å²) in [6, 6.07) is 9.94. The van der Waals surface area contributed by atoms with Crippen LogP contribution in [0.1, 0.15) is 32.2 Å². The number of nitrogen functional groups attached to an aromatic ring is 1. The van der Waals surface area contributed by atoms with E-state index in [4.69, 9.17) is 5.84 Å². The van der Waals surface area contributed by atoms with Crippen LogP contribution < -0.4 is 16.6 Å². The van der Waals surface area contributed by atoms with Crippen LogP contribution in [0.4, 0.5) is 11.6 Å². The number of nitrogens with zero attached hydrogens (tertiary/aromatic N) is 2. The normalized spacial score (nSPS) is 11.3. The molecule has 0 aliphatic rings. The van der Waals surface area contributed by atoms with Crippen LogP contribution in [0.5, 0.6) is 0 Å². The number of nitrogens with two attached hydrogens (primary N) is 1. The van der Waals surface area contributed by atoms with E-state index >= 15 is 0 Å². The van der Waals surface area contributed by atoms with E-state index in [-0.39, 0.29) is 5.41 Å². The molecule has 0 aliphatic heterocycles. The van der Waals surface area contributed by atoms with Crippen molar-refractivity contribution in [3.63, 3.8) is 0 Å².